The van der Waals surface area contributed by atoms with Crippen molar-refractivity contribution in [3.63, 3.8) is 0 Å². The molecule has 1 unspecified atom stereocenters. The lowest BCUT2D eigenvalue weighted by atomic mass is 10.2. The van der Waals surface area contributed by atoms with Crippen molar-refractivity contribution in [2.24, 2.45) is 0 Å². The van der Waals surface area contributed by atoms with Crippen LogP contribution in [0.25, 0.3) is 0 Å². The third-order valence-corrected chi connectivity index (χ3v) is 3.53. The predicted molar refractivity (Wildman–Crippen MR) is 67.4 cm³/mol. The van der Waals surface area contributed by atoms with Crippen LogP contribution in [0.2, 0.25) is 5.02 Å². The Labute approximate surface area is 108 Å². The Balaban J connectivity index is 2.72. The van der Waals surface area contributed by atoms with E-state index in [-0.39, 0.29) is 12.3 Å². The summed E-state index contributed by atoms with van der Waals surface area (Å²) >= 11 is 7.18. The Hall–Kier alpha value is -0.820. The normalized spacial score (nSPS) is 12.4. The number of hydrogen-bond donors (Lipinski definition) is 2. The largest absolute Gasteiger partial charge is 0.394 e. The third-order valence-electron chi connectivity index (χ3n) is 2.06. The average Bonchev–Trinajstić information content (AvgIpc) is 2.30. The lowest BCUT2D eigenvalue weighted by molar-refractivity contribution is -0.385. The first kappa shape index (κ1) is 14.2. The molecule has 0 aliphatic heterocycles. The fourth-order valence-corrected chi connectivity index (χ4v) is 2.53. The molecular weight excluding hydrogens is 266 g/mol. The van der Waals surface area contributed by atoms with Gasteiger partial charge >= 0.3 is 0 Å². The van der Waals surface area contributed by atoms with Gasteiger partial charge in [-0.05, 0) is 6.07 Å². The Morgan fingerprint density at radius 1 is 1.53 bits per heavy atom. The van der Waals surface area contributed by atoms with Crippen LogP contribution in [0.15, 0.2) is 18.2 Å². The number of halogens is 1. The van der Waals surface area contributed by atoms with Crippen molar-refractivity contribution < 1.29 is 15.1 Å². The van der Waals surface area contributed by atoms with Gasteiger partial charge in [0.2, 0.25) is 0 Å². The zero-order chi connectivity index (χ0) is 12.8. The maximum atomic E-state index is 10.8. The predicted octanol–water partition coefficient (Wildman–Crippen LogP) is 1.83. The molecule has 0 aliphatic carbocycles. The van der Waals surface area contributed by atoms with E-state index in [0.29, 0.717) is 22.1 Å². The maximum absolute atomic E-state index is 10.8. The fourth-order valence-electron chi connectivity index (χ4n) is 1.21. The summed E-state index contributed by atoms with van der Waals surface area (Å²) in [6.45, 7) is -0.322. The minimum atomic E-state index is -0.818. The number of aliphatic hydroxyl groups excluding tert-OH is 2. The second kappa shape index (κ2) is 6.80. The molecule has 1 rings (SSSR count). The Morgan fingerprint density at radius 3 is 2.82 bits per heavy atom. The Bertz CT molecular complexity index is 402. The van der Waals surface area contributed by atoms with Crippen molar-refractivity contribution in [1.29, 1.82) is 0 Å². The van der Waals surface area contributed by atoms with Crippen LogP contribution in [-0.4, -0.2) is 33.6 Å². The van der Waals surface area contributed by atoms with Crippen molar-refractivity contribution in [3.05, 3.63) is 38.9 Å². The van der Waals surface area contributed by atoms with Gasteiger partial charge in [0.15, 0.2) is 0 Å². The van der Waals surface area contributed by atoms with Gasteiger partial charge in [-0.15, -0.1) is 0 Å². The number of thioether (sulfide) groups is 1. The number of nitrogens with zero attached hydrogens (tertiary/aromatic N) is 1. The molecule has 0 bridgehead atoms. The quantitative estimate of drug-likeness (QED) is 0.612. The smallest absolute Gasteiger partial charge is 0.274 e. The summed E-state index contributed by atoms with van der Waals surface area (Å²) in [7, 11) is 0. The van der Waals surface area contributed by atoms with Gasteiger partial charge < -0.3 is 10.2 Å². The summed E-state index contributed by atoms with van der Waals surface area (Å²) in [6, 6.07) is 4.51. The van der Waals surface area contributed by atoms with E-state index in [1.54, 1.807) is 6.07 Å². The van der Waals surface area contributed by atoms with Gasteiger partial charge in [0.05, 0.1) is 28.2 Å². The van der Waals surface area contributed by atoms with Crippen LogP contribution >= 0.6 is 23.4 Å². The van der Waals surface area contributed by atoms with Crippen LogP contribution in [0, 0.1) is 10.1 Å². The second-order valence-electron chi connectivity index (χ2n) is 3.35. The molecule has 0 saturated carbocycles. The van der Waals surface area contributed by atoms with Crippen LogP contribution in [0.5, 0.6) is 0 Å². The highest BCUT2D eigenvalue weighted by atomic mass is 35.5. The summed E-state index contributed by atoms with van der Waals surface area (Å²) in [5.41, 5.74) is 0.415. The molecular formula is C10H12ClNO4S. The first-order valence-corrected chi connectivity index (χ1v) is 6.38. The highest BCUT2D eigenvalue weighted by molar-refractivity contribution is 7.98. The average molecular weight is 278 g/mol. The summed E-state index contributed by atoms with van der Waals surface area (Å²) < 4.78 is 0. The first-order valence-electron chi connectivity index (χ1n) is 4.84. The molecule has 0 radical (unpaired) electrons. The minimum absolute atomic E-state index is 0.0245. The van der Waals surface area contributed by atoms with Crippen molar-refractivity contribution in [1.82, 2.24) is 0 Å². The lowest BCUT2D eigenvalue weighted by Crippen LogP contribution is -2.14. The molecule has 2 N–H and O–H groups in total. The Kier molecular flexibility index (Phi) is 5.70. The van der Waals surface area contributed by atoms with Gasteiger partial charge in [0.1, 0.15) is 0 Å². The third kappa shape index (κ3) is 4.16. The molecule has 17 heavy (non-hydrogen) atoms. The van der Waals surface area contributed by atoms with Crippen molar-refractivity contribution in [3.8, 4) is 0 Å². The number of nitro benzene ring substituents is 1. The first-order chi connectivity index (χ1) is 8.06. The van der Waals surface area contributed by atoms with Gasteiger partial charge in [0, 0.05) is 17.6 Å². The van der Waals surface area contributed by atoms with Gasteiger partial charge in [-0.3, -0.25) is 10.1 Å². The number of rotatable bonds is 6. The number of nitro groups is 1. The van der Waals surface area contributed by atoms with Crippen LogP contribution in [0.4, 0.5) is 5.69 Å². The number of hydrogen-bond acceptors (Lipinski definition) is 5. The monoisotopic (exact) mass is 277 g/mol. The Morgan fingerprint density at radius 2 is 2.24 bits per heavy atom. The van der Waals surface area contributed by atoms with Gasteiger partial charge in [-0.1, -0.05) is 17.7 Å². The van der Waals surface area contributed by atoms with Gasteiger partial charge in [-0.2, -0.15) is 11.8 Å². The molecule has 5 nitrogen and oxygen atoms in total. The van der Waals surface area contributed by atoms with Crippen LogP contribution in [0.3, 0.4) is 0 Å². The molecule has 0 amide bonds. The number of aliphatic hydroxyl groups is 2. The van der Waals surface area contributed by atoms with E-state index in [1.165, 1.54) is 23.9 Å². The van der Waals surface area contributed by atoms with Crippen molar-refractivity contribution in [2.45, 2.75) is 11.9 Å². The van der Waals surface area contributed by atoms with E-state index in [9.17, 15) is 10.1 Å². The molecule has 94 valence electrons. The van der Waals surface area contributed by atoms with Crippen molar-refractivity contribution in [2.75, 3.05) is 12.4 Å². The molecule has 1 aromatic carbocycles. The molecule has 0 heterocycles. The molecule has 0 spiro atoms. The zero-order valence-corrected chi connectivity index (χ0v) is 10.4. The van der Waals surface area contributed by atoms with E-state index in [4.69, 9.17) is 21.8 Å². The molecule has 0 fully saturated rings. The summed E-state index contributed by atoms with van der Waals surface area (Å²) in [6.07, 6.45) is -0.818. The molecule has 0 saturated heterocycles. The fraction of sp³-hybridized carbons (Fsp3) is 0.400. The van der Waals surface area contributed by atoms with E-state index in [2.05, 4.69) is 0 Å². The second-order valence-corrected chi connectivity index (χ2v) is 4.78. The molecule has 0 aliphatic rings. The van der Waals surface area contributed by atoms with Gasteiger partial charge in [-0.25, -0.2) is 0 Å². The summed E-state index contributed by atoms with van der Waals surface area (Å²) in [5.74, 6) is 0.631. The molecule has 0 aromatic heterocycles. The lowest BCUT2D eigenvalue weighted by Gasteiger charge is -2.08. The minimum Gasteiger partial charge on any atom is -0.394 e. The molecule has 7 heteroatoms. The van der Waals surface area contributed by atoms with Crippen LogP contribution in [-0.2, 0) is 5.75 Å². The van der Waals surface area contributed by atoms with Crippen LogP contribution in [0.1, 0.15) is 5.56 Å². The zero-order valence-electron chi connectivity index (χ0n) is 8.88. The van der Waals surface area contributed by atoms with E-state index in [0.717, 1.165) is 0 Å². The topological polar surface area (TPSA) is 83.6 Å². The van der Waals surface area contributed by atoms with E-state index >= 15 is 0 Å². The summed E-state index contributed by atoms with van der Waals surface area (Å²) in [4.78, 5) is 10.3. The van der Waals surface area contributed by atoms with E-state index in [1.807, 2.05) is 0 Å². The highest BCUT2D eigenvalue weighted by Crippen LogP contribution is 2.29. The van der Waals surface area contributed by atoms with E-state index < -0.39 is 11.0 Å². The molecule has 1 atom stereocenters. The SMILES string of the molecule is O=[N+]([O-])c1cccc(Cl)c1CSCC(O)CO. The molecule has 1 aromatic rings. The summed E-state index contributed by atoms with van der Waals surface area (Å²) in [5, 5.41) is 28.9. The maximum Gasteiger partial charge on any atom is 0.274 e. The van der Waals surface area contributed by atoms with Crippen LogP contribution < -0.4 is 0 Å². The van der Waals surface area contributed by atoms with Gasteiger partial charge in [0.25, 0.3) is 5.69 Å². The highest BCUT2D eigenvalue weighted by Gasteiger charge is 2.16. The standard InChI is InChI=1S/C10H12ClNO4S/c11-9-2-1-3-10(12(15)16)8(9)6-17-5-7(14)4-13/h1-3,7,13-14H,4-6H2. The number of benzene rings is 1. The van der Waals surface area contributed by atoms with Crippen molar-refractivity contribution >= 4 is 29.1 Å².